The highest BCUT2D eigenvalue weighted by Gasteiger charge is 2.25. The lowest BCUT2D eigenvalue weighted by atomic mass is 9.97. The van der Waals surface area contributed by atoms with Crippen molar-refractivity contribution in [2.45, 2.75) is 51.2 Å². The number of rotatable bonds is 1. The molecule has 0 aromatic rings. The molecule has 1 heterocycles. The second-order valence-electron chi connectivity index (χ2n) is 5.20. The molecule has 1 aliphatic carbocycles. The third-order valence-electron chi connectivity index (χ3n) is 3.82. The maximum Gasteiger partial charge on any atom is 0.191 e. The molecule has 0 aromatic heterocycles. The van der Waals surface area contributed by atoms with Crippen molar-refractivity contribution in [3.05, 3.63) is 0 Å². The number of hydrogen-bond donors (Lipinski definition) is 2. The normalized spacial score (nSPS) is 33.4. The smallest absolute Gasteiger partial charge is 0.191 e. The summed E-state index contributed by atoms with van der Waals surface area (Å²) in [6.45, 7) is 3.75. The van der Waals surface area contributed by atoms with Gasteiger partial charge in [-0.05, 0) is 25.2 Å². The number of aliphatic hydroxyl groups is 1. The summed E-state index contributed by atoms with van der Waals surface area (Å²) < 4.78 is 0. The first-order valence-electron chi connectivity index (χ1n) is 6.43. The lowest BCUT2D eigenvalue weighted by molar-refractivity contribution is 0.0584. The fourth-order valence-electron chi connectivity index (χ4n) is 2.64. The number of nitrogens with zero attached hydrogens (tertiary/aromatic N) is 2. The standard InChI is InChI=1S/C12H23N3O/c1-9-8-15(7-6-11(9)16)12(13)14-10-4-2-3-5-10/h9-11,16H,2-8H2,1H3,(H2,13,14). The predicted octanol–water partition coefficient (Wildman–Crippen LogP) is 0.946. The van der Waals surface area contributed by atoms with Crippen molar-refractivity contribution in [2.75, 3.05) is 13.1 Å². The van der Waals surface area contributed by atoms with Crippen molar-refractivity contribution in [1.82, 2.24) is 4.90 Å². The first kappa shape index (κ1) is 11.7. The van der Waals surface area contributed by atoms with E-state index in [0.717, 1.165) is 19.5 Å². The summed E-state index contributed by atoms with van der Waals surface area (Å²) in [6, 6.07) is 0.446. The van der Waals surface area contributed by atoms with Crippen molar-refractivity contribution >= 4 is 5.96 Å². The van der Waals surface area contributed by atoms with Crippen LogP contribution in [0.3, 0.4) is 0 Å². The molecule has 2 unspecified atom stereocenters. The van der Waals surface area contributed by atoms with E-state index in [1.54, 1.807) is 0 Å². The lowest BCUT2D eigenvalue weighted by Gasteiger charge is -2.35. The first-order valence-corrected chi connectivity index (χ1v) is 6.43. The molecule has 4 nitrogen and oxygen atoms in total. The highest BCUT2D eigenvalue weighted by molar-refractivity contribution is 5.78. The summed E-state index contributed by atoms with van der Waals surface area (Å²) in [5.74, 6) is 0.983. The largest absolute Gasteiger partial charge is 0.393 e. The van der Waals surface area contributed by atoms with Crippen molar-refractivity contribution in [2.24, 2.45) is 16.6 Å². The third kappa shape index (κ3) is 2.67. The van der Waals surface area contributed by atoms with Crippen LogP contribution in [0.15, 0.2) is 4.99 Å². The van der Waals surface area contributed by atoms with E-state index in [1.807, 2.05) is 0 Å². The Morgan fingerprint density at radius 2 is 2.00 bits per heavy atom. The average molecular weight is 225 g/mol. The van der Waals surface area contributed by atoms with E-state index in [0.29, 0.717) is 17.9 Å². The van der Waals surface area contributed by atoms with Crippen molar-refractivity contribution in [3.63, 3.8) is 0 Å². The lowest BCUT2D eigenvalue weighted by Crippen LogP contribution is -2.48. The van der Waals surface area contributed by atoms with Gasteiger partial charge in [0, 0.05) is 13.1 Å². The number of piperidine rings is 1. The molecular weight excluding hydrogens is 202 g/mol. The van der Waals surface area contributed by atoms with E-state index in [2.05, 4.69) is 16.8 Å². The minimum absolute atomic E-state index is 0.171. The van der Waals surface area contributed by atoms with Gasteiger partial charge in [-0.15, -0.1) is 0 Å². The predicted molar refractivity (Wildman–Crippen MR) is 65.2 cm³/mol. The molecule has 0 aromatic carbocycles. The van der Waals surface area contributed by atoms with Crippen molar-refractivity contribution in [3.8, 4) is 0 Å². The molecule has 0 spiro atoms. The van der Waals surface area contributed by atoms with Gasteiger partial charge in [0.2, 0.25) is 0 Å². The van der Waals surface area contributed by atoms with Gasteiger partial charge in [0.05, 0.1) is 12.1 Å². The zero-order valence-corrected chi connectivity index (χ0v) is 10.1. The Kier molecular flexibility index (Phi) is 3.69. The zero-order valence-electron chi connectivity index (χ0n) is 10.1. The summed E-state index contributed by atoms with van der Waals surface area (Å²) in [6.07, 6.45) is 5.59. The first-order chi connectivity index (χ1) is 7.66. The molecule has 1 aliphatic heterocycles. The Morgan fingerprint density at radius 3 is 2.62 bits per heavy atom. The maximum absolute atomic E-state index is 9.65. The van der Waals surface area contributed by atoms with Crippen LogP contribution in [0.4, 0.5) is 0 Å². The summed E-state index contributed by atoms with van der Waals surface area (Å²) in [4.78, 5) is 6.72. The van der Waals surface area contributed by atoms with E-state index >= 15 is 0 Å². The molecule has 0 amide bonds. The Labute approximate surface area is 97.5 Å². The topological polar surface area (TPSA) is 61.8 Å². The average Bonchev–Trinajstić information content (AvgIpc) is 2.74. The summed E-state index contributed by atoms with van der Waals surface area (Å²) in [5, 5.41) is 9.65. The molecule has 0 bridgehead atoms. The van der Waals surface area contributed by atoms with Crippen molar-refractivity contribution in [1.29, 1.82) is 0 Å². The van der Waals surface area contributed by atoms with Crippen LogP contribution in [0.5, 0.6) is 0 Å². The monoisotopic (exact) mass is 225 g/mol. The summed E-state index contributed by atoms with van der Waals surface area (Å²) in [5.41, 5.74) is 6.03. The highest BCUT2D eigenvalue weighted by Crippen LogP contribution is 2.22. The fraction of sp³-hybridized carbons (Fsp3) is 0.917. The van der Waals surface area contributed by atoms with E-state index in [1.165, 1.54) is 25.7 Å². The van der Waals surface area contributed by atoms with Crippen LogP contribution in [0.25, 0.3) is 0 Å². The van der Waals surface area contributed by atoms with Gasteiger partial charge in [-0.1, -0.05) is 19.8 Å². The van der Waals surface area contributed by atoms with E-state index < -0.39 is 0 Å². The van der Waals surface area contributed by atoms with E-state index in [4.69, 9.17) is 5.73 Å². The van der Waals surface area contributed by atoms with Crippen LogP contribution >= 0.6 is 0 Å². The minimum atomic E-state index is -0.171. The van der Waals surface area contributed by atoms with Gasteiger partial charge in [-0.2, -0.15) is 0 Å². The second kappa shape index (κ2) is 5.04. The Morgan fingerprint density at radius 1 is 1.31 bits per heavy atom. The molecular formula is C12H23N3O. The number of aliphatic imine (C=N–C) groups is 1. The zero-order chi connectivity index (χ0) is 11.5. The SMILES string of the molecule is CC1CN(C(N)=NC2CCCC2)CCC1O. The van der Waals surface area contributed by atoms with Gasteiger partial charge in [-0.3, -0.25) is 0 Å². The van der Waals surface area contributed by atoms with Gasteiger partial charge in [0.25, 0.3) is 0 Å². The summed E-state index contributed by atoms with van der Waals surface area (Å²) >= 11 is 0. The maximum atomic E-state index is 9.65. The van der Waals surface area contributed by atoms with Crippen LogP contribution in [0.2, 0.25) is 0 Å². The number of nitrogens with two attached hydrogens (primary N) is 1. The molecule has 1 saturated carbocycles. The number of hydrogen-bond acceptors (Lipinski definition) is 2. The molecule has 3 N–H and O–H groups in total. The van der Waals surface area contributed by atoms with Gasteiger partial charge in [-0.25, -0.2) is 4.99 Å². The molecule has 1 saturated heterocycles. The minimum Gasteiger partial charge on any atom is -0.393 e. The Bertz CT molecular complexity index is 261. The van der Waals surface area contributed by atoms with Crippen LogP contribution in [-0.4, -0.2) is 41.2 Å². The molecule has 2 rings (SSSR count). The molecule has 2 atom stereocenters. The van der Waals surface area contributed by atoms with E-state index in [-0.39, 0.29) is 6.10 Å². The highest BCUT2D eigenvalue weighted by atomic mass is 16.3. The summed E-state index contributed by atoms with van der Waals surface area (Å²) in [7, 11) is 0. The molecule has 2 aliphatic rings. The van der Waals surface area contributed by atoms with Crippen LogP contribution in [0.1, 0.15) is 39.0 Å². The quantitative estimate of drug-likeness (QED) is 0.516. The molecule has 4 heteroatoms. The molecule has 0 radical (unpaired) electrons. The number of aliphatic hydroxyl groups excluding tert-OH is 1. The Balaban J connectivity index is 1.91. The van der Waals surface area contributed by atoms with Crippen molar-refractivity contribution < 1.29 is 5.11 Å². The Hall–Kier alpha value is -0.770. The van der Waals surface area contributed by atoms with Gasteiger partial charge in [0.1, 0.15) is 0 Å². The molecule has 2 fully saturated rings. The van der Waals surface area contributed by atoms with Gasteiger partial charge >= 0.3 is 0 Å². The fourth-order valence-corrected chi connectivity index (χ4v) is 2.64. The van der Waals surface area contributed by atoms with Crippen LogP contribution in [-0.2, 0) is 0 Å². The van der Waals surface area contributed by atoms with Gasteiger partial charge < -0.3 is 15.7 Å². The third-order valence-corrected chi connectivity index (χ3v) is 3.82. The number of likely N-dealkylation sites (tertiary alicyclic amines) is 1. The van der Waals surface area contributed by atoms with Crippen LogP contribution < -0.4 is 5.73 Å². The second-order valence-corrected chi connectivity index (χ2v) is 5.20. The molecule has 92 valence electrons. The molecule has 16 heavy (non-hydrogen) atoms. The van der Waals surface area contributed by atoms with Crippen LogP contribution in [0, 0.1) is 5.92 Å². The number of guanidine groups is 1. The van der Waals surface area contributed by atoms with Gasteiger partial charge in [0.15, 0.2) is 5.96 Å². The van der Waals surface area contributed by atoms with E-state index in [9.17, 15) is 5.11 Å².